The number of piperidine rings is 1. The maximum atomic E-state index is 12.7. The van der Waals surface area contributed by atoms with Gasteiger partial charge in [-0.05, 0) is 32.4 Å². The molecule has 5 nitrogen and oxygen atoms in total. The lowest BCUT2D eigenvalue weighted by Gasteiger charge is -2.41. The molecule has 2 aliphatic rings. The van der Waals surface area contributed by atoms with Gasteiger partial charge in [0.1, 0.15) is 0 Å². The Morgan fingerprint density at radius 3 is 2.56 bits per heavy atom. The molecule has 0 aromatic rings. The maximum Gasteiger partial charge on any atom is 0.241 e. The van der Waals surface area contributed by atoms with E-state index in [2.05, 4.69) is 12.2 Å². The van der Waals surface area contributed by atoms with Crippen LogP contribution in [0.1, 0.15) is 26.2 Å². The monoisotopic (exact) mass is 253 g/mol. The van der Waals surface area contributed by atoms with Crippen LogP contribution < -0.4 is 5.32 Å². The first-order chi connectivity index (χ1) is 8.59. The predicted molar refractivity (Wildman–Crippen MR) is 69.0 cm³/mol. The Balaban J connectivity index is 2.07. The lowest BCUT2D eigenvalue weighted by atomic mass is 9.75. The summed E-state index contributed by atoms with van der Waals surface area (Å²) in [6, 6.07) is 0. The van der Waals surface area contributed by atoms with Crippen LogP contribution in [0.2, 0.25) is 0 Å². The van der Waals surface area contributed by atoms with Gasteiger partial charge in [-0.25, -0.2) is 0 Å². The molecule has 18 heavy (non-hydrogen) atoms. The fourth-order valence-corrected chi connectivity index (χ4v) is 2.89. The van der Waals surface area contributed by atoms with Crippen LogP contribution in [-0.4, -0.2) is 61.4 Å². The summed E-state index contributed by atoms with van der Waals surface area (Å²) < 4.78 is 0. The largest absolute Gasteiger partial charge is 0.342 e. The molecule has 0 radical (unpaired) electrons. The van der Waals surface area contributed by atoms with Crippen molar-refractivity contribution in [3.63, 3.8) is 0 Å². The van der Waals surface area contributed by atoms with E-state index in [1.54, 1.807) is 16.8 Å². The van der Waals surface area contributed by atoms with Crippen molar-refractivity contribution in [2.45, 2.75) is 26.2 Å². The van der Waals surface area contributed by atoms with Gasteiger partial charge in [0.05, 0.1) is 12.0 Å². The average molecular weight is 253 g/mol. The molecule has 102 valence electrons. The van der Waals surface area contributed by atoms with Gasteiger partial charge < -0.3 is 15.1 Å². The predicted octanol–water partition coefficient (Wildman–Crippen LogP) is 0.0668. The molecule has 5 heteroatoms. The van der Waals surface area contributed by atoms with Crippen molar-refractivity contribution in [2.24, 2.45) is 5.41 Å². The van der Waals surface area contributed by atoms with Crippen molar-refractivity contribution in [2.75, 3.05) is 39.8 Å². The molecular formula is C13H23N3O2. The van der Waals surface area contributed by atoms with Crippen LogP contribution in [0.5, 0.6) is 0 Å². The van der Waals surface area contributed by atoms with Crippen LogP contribution in [0.3, 0.4) is 0 Å². The molecule has 0 aromatic carbocycles. The van der Waals surface area contributed by atoms with Crippen molar-refractivity contribution in [1.29, 1.82) is 0 Å². The third-order valence-electron chi connectivity index (χ3n) is 4.44. The standard InChI is InChI=1S/C13H23N3O2/c1-3-13(4-6-14-7-5-13)12(18)16-9-8-15(2)11(17)10-16/h14H,3-10H2,1-2H3. The number of nitrogens with zero attached hydrogens (tertiary/aromatic N) is 2. The number of carbonyl (C=O) groups excluding carboxylic acids is 2. The van der Waals surface area contributed by atoms with Crippen LogP contribution in [0.15, 0.2) is 0 Å². The highest BCUT2D eigenvalue weighted by Gasteiger charge is 2.41. The van der Waals surface area contributed by atoms with Gasteiger partial charge in [0.2, 0.25) is 11.8 Å². The van der Waals surface area contributed by atoms with Gasteiger partial charge in [-0.15, -0.1) is 0 Å². The van der Waals surface area contributed by atoms with Crippen molar-refractivity contribution >= 4 is 11.8 Å². The fourth-order valence-electron chi connectivity index (χ4n) is 2.89. The first-order valence-electron chi connectivity index (χ1n) is 6.83. The Labute approximate surface area is 108 Å². The molecule has 2 fully saturated rings. The van der Waals surface area contributed by atoms with E-state index < -0.39 is 0 Å². The Morgan fingerprint density at radius 2 is 2.00 bits per heavy atom. The maximum absolute atomic E-state index is 12.7. The van der Waals surface area contributed by atoms with Crippen molar-refractivity contribution in [1.82, 2.24) is 15.1 Å². The van der Waals surface area contributed by atoms with Crippen LogP contribution in [0.25, 0.3) is 0 Å². The smallest absolute Gasteiger partial charge is 0.241 e. The molecule has 2 aliphatic heterocycles. The third-order valence-corrected chi connectivity index (χ3v) is 4.44. The van der Waals surface area contributed by atoms with Crippen LogP contribution in [-0.2, 0) is 9.59 Å². The molecule has 0 atom stereocenters. The summed E-state index contributed by atoms with van der Waals surface area (Å²) in [4.78, 5) is 27.9. The number of amides is 2. The van der Waals surface area contributed by atoms with Crippen molar-refractivity contribution in [3.05, 3.63) is 0 Å². The van der Waals surface area contributed by atoms with Gasteiger partial charge in [-0.1, -0.05) is 6.92 Å². The molecular weight excluding hydrogens is 230 g/mol. The molecule has 0 aromatic heterocycles. The van der Waals surface area contributed by atoms with E-state index in [0.717, 1.165) is 32.4 Å². The SMILES string of the molecule is CCC1(C(=O)N2CCN(C)C(=O)C2)CCNCC1. The van der Waals surface area contributed by atoms with E-state index in [1.807, 2.05) is 0 Å². The molecule has 0 bridgehead atoms. The highest BCUT2D eigenvalue weighted by Crippen LogP contribution is 2.34. The fraction of sp³-hybridized carbons (Fsp3) is 0.846. The zero-order valence-corrected chi connectivity index (χ0v) is 11.4. The second-order valence-electron chi connectivity index (χ2n) is 5.43. The Hall–Kier alpha value is -1.10. The van der Waals surface area contributed by atoms with Crippen molar-refractivity contribution < 1.29 is 9.59 Å². The molecule has 0 spiro atoms. The summed E-state index contributed by atoms with van der Waals surface area (Å²) in [6.45, 7) is 5.48. The minimum atomic E-state index is -0.235. The number of likely N-dealkylation sites (N-methyl/N-ethyl adjacent to an activating group) is 1. The third kappa shape index (κ3) is 2.36. The topological polar surface area (TPSA) is 52.7 Å². The molecule has 2 heterocycles. The quantitative estimate of drug-likeness (QED) is 0.757. The van der Waals surface area contributed by atoms with E-state index >= 15 is 0 Å². The summed E-state index contributed by atoms with van der Waals surface area (Å²) in [5, 5.41) is 3.30. The highest BCUT2D eigenvalue weighted by molar-refractivity contribution is 5.89. The first kappa shape index (κ1) is 13.3. The molecule has 2 amide bonds. The normalized spacial score (nSPS) is 24.2. The van der Waals surface area contributed by atoms with E-state index in [9.17, 15) is 9.59 Å². The number of nitrogens with one attached hydrogen (secondary N) is 1. The van der Waals surface area contributed by atoms with Gasteiger partial charge >= 0.3 is 0 Å². The van der Waals surface area contributed by atoms with E-state index in [4.69, 9.17) is 0 Å². The minimum absolute atomic E-state index is 0.0507. The number of hydrogen-bond donors (Lipinski definition) is 1. The van der Waals surface area contributed by atoms with E-state index in [-0.39, 0.29) is 23.8 Å². The second-order valence-corrected chi connectivity index (χ2v) is 5.43. The second kappa shape index (κ2) is 5.26. The zero-order chi connectivity index (χ0) is 13.2. The highest BCUT2D eigenvalue weighted by atomic mass is 16.2. The number of hydrogen-bond acceptors (Lipinski definition) is 3. The minimum Gasteiger partial charge on any atom is -0.342 e. The Bertz CT molecular complexity index is 337. The van der Waals surface area contributed by atoms with Gasteiger partial charge in [0.15, 0.2) is 0 Å². The lowest BCUT2D eigenvalue weighted by Crippen LogP contribution is -2.56. The summed E-state index contributed by atoms with van der Waals surface area (Å²) >= 11 is 0. The molecule has 0 saturated carbocycles. The molecule has 0 aliphatic carbocycles. The Morgan fingerprint density at radius 1 is 1.33 bits per heavy atom. The van der Waals surface area contributed by atoms with Crippen LogP contribution in [0.4, 0.5) is 0 Å². The van der Waals surface area contributed by atoms with Crippen LogP contribution in [0, 0.1) is 5.41 Å². The summed E-state index contributed by atoms with van der Waals surface area (Å²) in [6.07, 6.45) is 2.65. The average Bonchev–Trinajstić information content (AvgIpc) is 2.42. The van der Waals surface area contributed by atoms with Gasteiger partial charge in [0.25, 0.3) is 0 Å². The number of piperazine rings is 1. The van der Waals surface area contributed by atoms with E-state index in [0.29, 0.717) is 13.1 Å². The molecule has 2 saturated heterocycles. The van der Waals surface area contributed by atoms with Gasteiger partial charge in [-0.3, -0.25) is 9.59 Å². The lowest BCUT2D eigenvalue weighted by molar-refractivity contribution is -0.152. The van der Waals surface area contributed by atoms with E-state index in [1.165, 1.54) is 0 Å². The summed E-state index contributed by atoms with van der Waals surface area (Å²) in [5.41, 5.74) is -0.235. The van der Waals surface area contributed by atoms with Gasteiger partial charge in [-0.2, -0.15) is 0 Å². The van der Waals surface area contributed by atoms with Crippen molar-refractivity contribution in [3.8, 4) is 0 Å². The number of rotatable bonds is 2. The first-order valence-corrected chi connectivity index (χ1v) is 6.83. The number of carbonyl (C=O) groups is 2. The molecule has 2 rings (SSSR count). The Kier molecular flexibility index (Phi) is 3.90. The summed E-state index contributed by atoms with van der Waals surface area (Å²) in [7, 11) is 1.80. The van der Waals surface area contributed by atoms with Gasteiger partial charge in [0, 0.05) is 20.1 Å². The molecule has 0 unspecified atom stereocenters. The van der Waals surface area contributed by atoms with Crippen LogP contribution >= 0.6 is 0 Å². The summed E-state index contributed by atoms with van der Waals surface area (Å²) in [5.74, 6) is 0.239. The zero-order valence-electron chi connectivity index (χ0n) is 11.4. The molecule has 1 N–H and O–H groups in total.